The zero-order chi connectivity index (χ0) is 13.7. The van der Waals surface area contributed by atoms with Crippen LogP contribution in [0.3, 0.4) is 0 Å². The Kier molecular flexibility index (Phi) is 4.52. The Balaban J connectivity index is 2.00. The van der Waals surface area contributed by atoms with Gasteiger partial charge in [-0.3, -0.25) is 0 Å². The fourth-order valence-electron chi connectivity index (χ4n) is 1.72. The van der Waals surface area contributed by atoms with Crippen molar-refractivity contribution in [2.75, 3.05) is 19.0 Å². The van der Waals surface area contributed by atoms with Gasteiger partial charge in [-0.25, -0.2) is 14.4 Å². The van der Waals surface area contributed by atoms with Gasteiger partial charge in [0.05, 0.1) is 7.11 Å². The quantitative estimate of drug-likeness (QED) is 0.856. The topological polar surface area (TPSA) is 47.0 Å². The first-order chi connectivity index (χ1) is 9.20. The normalized spacial score (nSPS) is 10.3. The van der Waals surface area contributed by atoms with Crippen LogP contribution in [-0.4, -0.2) is 23.6 Å². The number of nitrogens with one attached hydrogen (secondary N) is 1. The molecule has 0 saturated heterocycles. The number of hydrogen-bond donors (Lipinski definition) is 1. The molecule has 0 fully saturated rings. The highest BCUT2D eigenvalue weighted by Crippen LogP contribution is 2.21. The van der Waals surface area contributed by atoms with Gasteiger partial charge in [-0.05, 0) is 18.6 Å². The maximum atomic E-state index is 13.7. The molecule has 0 unspecified atom stereocenters. The molecule has 2 rings (SSSR count). The number of nitrogens with zero attached hydrogens (tertiary/aromatic N) is 2. The Morgan fingerprint density at radius 1 is 1.37 bits per heavy atom. The smallest absolute Gasteiger partial charge is 0.134 e. The molecule has 0 amide bonds. The largest absolute Gasteiger partial charge is 0.496 e. The van der Waals surface area contributed by atoms with Gasteiger partial charge in [-0.2, -0.15) is 0 Å². The lowest BCUT2D eigenvalue weighted by Gasteiger charge is -2.10. The molecule has 0 aliphatic rings. The molecule has 100 valence electrons. The molecule has 0 aliphatic heterocycles. The zero-order valence-electron chi connectivity index (χ0n) is 10.4. The van der Waals surface area contributed by atoms with Crippen molar-refractivity contribution in [2.24, 2.45) is 0 Å². The molecule has 1 aromatic carbocycles. The van der Waals surface area contributed by atoms with Gasteiger partial charge in [0.15, 0.2) is 0 Å². The Morgan fingerprint density at radius 3 is 2.95 bits per heavy atom. The number of methoxy groups -OCH3 is 1. The molecule has 1 heterocycles. The van der Waals surface area contributed by atoms with Crippen LogP contribution in [0.15, 0.2) is 30.6 Å². The second kappa shape index (κ2) is 6.33. The summed E-state index contributed by atoms with van der Waals surface area (Å²) in [6.45, 7) is 0.518. The number of benzene rings is 1. The van der Waals surface area contributed by atoms with Crippen LogP contribution in [0.25, 0.3) is 0 Å². The van der Waals surface area contributed by atoms with Crippen LogP contribution in [0.1, 0.15) is 5.56 Å². The van der Waals surface area contributed by atoms with Crippen LogP contribution in [-0.2, 0) is 6.42 Å². The van der Waals surface area contributed by atoms with Crippen molar-refractivity contribution < 1.29 is 9.13 Å². The number of halogens is 2. The van der Waals surface area contributed by atoms with E-state index in [0.717, 1.165) is 0 Å². The number of hydrogen-bond acceptors (Lipinski definition) is 4. The van der Waals surface area contributed by atoms with Gasteiger partial charge in [-0.1, -0.05) is 17.7 Å². The lowest BCUT2D eigenvalue weighted by molar-refractivity contribution is 0.405. The summed E-state index contributed by atoms with van der Waals surface area (Å²) in [5.74, 6) is 0.875. The van der Waals surface area contributed by atoms with Crippen molar-refractivity contribution in [3.63, 3.8) is 0 Å². The van der Waals surface area contributed by atoms with Crippen LogP contribution >= 0.6 is 11.6 Å². The minimum Gasteiger partial charge on any atom is -0.496 e. The van der Waals surface area contributed by atoms with Gasteiger partial charge in [0.2, 0.25) is 0 Å². The van der Waals surface area contributed by atoms with Crippen molar-refractivity contribution in [1.82, 2.24) is 9.97 Å². The van der Waals surface area contributed by atoms with Gasteiger partial charge in [-0.15, -0.1) is 0 Å². The fraction of sp³-hybridized carbons (Fsp3) is 0.231. The molecule has 19 heavy (non-hydrogen) atoms. The average molecular weight is 282 g/mol. The highest BCUT2D eigenvalue weighted by Gasteiger charge is 2.08. The molecular weight excluding hydrogens is 269 g/mol. The molecule has 0 radical (unpaired) electrons. The van der Waals surface area contributed by atoms with E-state index in [1.54, 1.807) is 18.2 Å². The maximum Gasteiger partial charge on any atom is 0.134 e. The molecule has 2 aromatic rings. The van der Waals surface area contributed by atoms with Crippen molar-refractivity contribution >= 4 is 17.4 Å². The van der Waals surface area contributed by atoms with Gasteiger partial charge < -0.3 is 10.1 Å². The summed E-state index contributed by atoms with van der Waals surface area (Å²) in [6.07, 6.45) is 1.85. The van der Waals surface area contributed by atoms with E-state index in [4.69, 9.17) is 16.3 Å². The summed E-state index contributed by atoms with van der Waals surface area (Å²) in [5, 5.41) is 3.42. The van der Waals surface area contributed by atoms with Gasteiger partial charge >= 0.3 is 0 Å². The molecule has 0 spiro atoms. The average Bonchev–Trinajstić information content (AvgIpc) is 2.40. The molecule has 0 atom stereocenters. The van der Waals surface area contributed by atoms with Gasteiger partial charge in [0.25, 0.3) is 0 Å². The van der Waals surface area contributed by atoms with Crippen molar-refractivity contribution in [1.29, 1.82) is 0 Å². The van der Waals surface area contributed by atoms with E-state index in [2.05, 4.69) is 15.3 Å². The minimum absolute atomic E-state index is 0.276. The van der Waals surface area contributed by atoms with Gasteiger partial charge in [0.1, 0.15) is 28.9 Å². The summed E-state index contributed by atoms with van der Waals surface area (Å²) < 4.78 is 18.8. The van der Waals surface area contributed by atoms with E-state index in [-0.39, 0.29) is 5.82 Å². The Morgan fingerprint density at radius 2 is 2.21 bits per heavy atom. The zero-order valence-corrected chi connectivity index (χ0v) is 11.1. The summed E-state index contributed by atoms with van der Waals surface area (Å²) in [5.41, 5.74) is 0.539. The summed E-state index contributed by atoms with van der Waals surface area (Å²) >= 11 is 5.74. The Bertz CT molecular complexity index is 565. The van der Waals surface area contributed by atoms with Crippen LogP contribution in [0.2, 0.25) is 5.15 Å². The monoisotopic (exact) mass is 281 g/mol. The van der Waals surface area contributed by atoms with Crippen molar-refractivity contribution in [2.45, 2.75) is 6.42 Å². The lowest BCUT2D eigenvalue weighted by atomic mass is 10.1. The number of ether oxygens (including phenoxy) is 1. The van der Waals surface area contributed by atoms with Crippen molar-refractivity contribution in [3.8, 4) is 5.75 Å². The number of anilines is 1. The standard InChI is InChI=1S/C13H13ClFN3O/c1-19-11-4-2-3-10(15)9(11)5-6-16-13-7-12(14)17-8-18-13/h2-4,7-8H,5-6H2,1H3,(H,16,17,18). The third-order valence-corrected chi connectivity index (χ3v) is 2.82. The second-order valence-electron chi connectivity index (χ2n) is 3.82. The predicted octanol–water partition coefficient (Wildman–Crippen LogP) is 2.93. The summed E-state index contributed by atoms with van der Waals surface area (Å²) in [7, 11) is 1.52. The summed E-state index contributed by atoms with van der Waals surface area (Å²) in [6, 6.07) is 6.38. The molecular formula is C13H13ClFN3O. The van der Waals surface area contributed by atoms with Crippen LogP contribution in [0, 0.1) is 5.82 Å². The van der Waals surface area contributed by atoms with E-state index in [1.165, 1.54) is 19.5 Å². The molecule has 1 N–H and O–H groups in total. The SMILES string of the molecule is COc1cccc(F)c1CCNc1cc(Cl)ncn1. The molecule has 1 aromatic heterocycles. The van der Waals surface area contributed by atoms with E-state index in [1.807, 2.05) is 0 Å². The number of aromatic nitrogens is 2. The molecule has 4 nitrogen and oxygen atoms in total. The highest BCUT2D eigenvalue weighted by atomic mass is 35.5. The van der Waals surface area contributed by atoms with E-state index in [0.29, 0.717) is 35.2 Å². The molecule has 0 bridgehead atoms. The van der Waals surface area contributed by atoms with Crippen LogP contribution < -0.4 is 10.1 Å². The first kappa shape index (κ1) is 13.5. The molecule has 6 heteroatoms. The van der Waals surface area contributed by atoms with Gasteiger partial charge in [0, 0.05) is 18.2 Å². The predicted molar refractivity (Wildman–Crippen MR) is 72.2 cm³/mol. The highest BCUT2D eigenvalue weighted by molar-refractivity contribution is 6.29. The Labute approximate surface area is 115 Å². The third kappa shape index (κ3) is 3.54. The molecule has 0 saturated carbocycles. The maximum absolute atomic E-state index is 13.7. The van der Waals surface area contributed by atoms with E-state index < -0.39 is 0 Å². The van der Waals surface area contributed by atoms with Crippen LogP contribution in [0.4, 0.5) is 10.2 Å². The Hall–Kier alpha value is -1.88. The minimum atomic E-state index is -0.276. The van der Waals surface area contributed by atoms with E-state index in [9.17, 15) is 4.39 Å². The molecule has 0 aliphatic carbocycles. The fourth-order valence-corrected chi connectivity index (χ4v) is 1.87. The first-order valence-electron chi connectivity index (χ1n) is 5.73. The second-order valence-corrected chi connectivity index (χ2v) is 4.21. The van der Waals surface area contributed by atoms with E-state index >= 15 is 0 Å². The van der Waals surface area contributed by atoms with Crippen molar-refractivity contribution in [3.05, 3.63) is 47.1 Å². The van der Waals surface area contributed by atoms with Crippen LogP contribution in [0.5, 0.6) is 5.75 Å². The lowest BCUT2D eigenvalue weighted by Crippen LogP contribution is -2.08. The summed E-state index contributed by atoms with van der Waals surface area (Å²) in [4.78, 5) is 7.79. The third-order valence-electron chi connectivity index (χ3n) is 2.61. The number of rotatable bonds is 5. The first-order valence-corrected chi connectivity index (χ1v) is 6.11.